The van der Waals surface area contributed by atoms with Gasteiger partial charge in [-0.05, 0) is 69.8 Å². The minimum absolute atomic E-state index is 1.14. The van der Waals surface area contributed by atoms with Crippen LogP contribution in [0.25, 0.3) is 44.5 Å². The number of fused-ring (bicyclic) bond motifs is 4. The van der Waals surface area contributed by atoms with Crippen LogP contribution in [-0.4, -0.2) is 0 Å². The zero-order valence-corrected chi connectivity index (χ0v) is 26.5. The number of nitrogens with one attached hydrogen (secondary N) is 2. The second kappa shape index (κ2) is 11.3. The molecule has 0 saturated carbocycles. The van der Waals surface area contributed by atoms with Gasteiger partial charge in [0, 0.05) is 30.7 Å². The van der Waals surface area contributed by atoms with E-state index in [2.05, 4.69) is 168 Å². The monoisotopic (exact) mass is 624 g/mol. The maximum absolute atomic E-state index is 3.85. The first-order valence-electron chi connectivity index (χ1n) is 15.4. The van der Waals surface area contributed by atoms with Gasteiger partial charge in [-0.2, -0.15) is 0 Å². The molecule has 7 aromatic rings. The summed E-state index contributed by atoms with van der Waals surface area (Å²) in [6, 6.07) is 56.8. The van der Waals surface area contributed by atoms with Crippen LogP contribution in [0.1, 0.15) is 0 Å². The first-order valence-corrected chi connectivity index (χ1v) is 17.1. The number of para-hydroxylation sites is 4. The molecule has 2 N–H and O–H groups in total. The summed E-state index contributed by atoms with van der Waals surface area (Å²) in [4.78, 5) is 4.95. The molecular weight excluding hydrogens is 597 g/mol. The van der Waals surface area contributed by atoms with E-state index in [9.17, 15) is 0 Å². The first-order chi connectivity index (χ1) is 22.8. The molecule has 2 nitrogen and oxygen atoms in total. The molecule has 218 valence electrons. The van der Waals surface area contributed by atoms with E-state index in [0.29, 0.717) is 0 Å². The number of anilines is 4. The van der Waals surface area contributed by atoms with Gasteiger partial charge in [0.1, 0.15) is 0 Å². The Balaban J connectivity index is 1.32. The molecular formula is C42H28N2S2. The fourth-order valence-corrected chi connectivity index (χ4v) is 8.67. The van der Waals surface area contributed by atoms with Crippen molar-refractivity contribution in [1.82, 2.24) is 0 Å². The van der Waals surface area contributed by atoms with Crippen molar-refractivity contribution in [3.63, 3.8) is 0 Å². The third kappa shape index (κ3) is 4.61. The van der Waals surface area contributed by atoms with Crippen molar-refractivity contribution >= 4 is 46.3 Å². The standard InChI is InChI=1S/C42H28N2S2/c1-2-13-27(14-3-1)28-15-4-5-16-29(28)30-17-10-18-31(32-19-11-25-38-41(32)43-34-21-6-8-23-36(34)45-38)40(30)33-20-12-26-39-42(33)44-35-22-7-9-24-37(35)46-39/h1-26,43-44H. The van der Waals surface area contributed by atoms with Crippen molar-refractivity contribution in [3.05, 3.63) is 158 Å². The zero-order chi connectivity index (χ0) is 30.5. The topological polar surface area (TPSA) is 24.1 Å². The molecule has 0 aliphatic carbocycles. The molecule has 0 spiro atoms. The third-order valence-corrected chi connectivity index (χ3v) is 11.0. The van der Waals surface area contributed by atoms with Crippen LogP contribution in [0.4, 0.5) is 22.7 Å². The number of rotatable bonds is 4. The molecule has 2 aliphatic heterocycles. The Morgan fingerprint density at radius 3 is 1.41 bits per heavy atom. The smallest absolute Gasteiger partial charge is 0.0606 e. The van der Waals surface area contributed by atoms with Crippen LogP contribution in [-0.2, 0) is 0 Å². The highest BCUT2D eigenvalue weighted by atomic mass is 32.2. The van der Waals surface area contributed by atoms with Crippen molar-refractivity contribution in [2.45, 2.75) is 19.6 Å². The summed E-state index contributed by atoms with van der Waals surface area (Å²) in [5, 5.41) is 7.66. The molecule has 2 aliphatic rings. The van der Waals surface area contributed by atoms with Gasteiger partial charge in [-0.3, -0.25) is 0 Å². The molecule has 0 bridgehead atoms. The Labute approximate surface area is 277 Å². The van der Waals surface area contributed by atoms with Crippen LogP contribution >= 0.6 is 23.5 Å². The molecule has 0 aromatic heterocycles. The normalized spacial score (nSPS) is 12.5. The summed E-state index contributed by atoms with van der Waals surface area (Å²) in [5.41, 5.74) is 14.2. The summed E-state index contributed by atoms with van der Waals surface area (Å²) >= 11 is 3.66. The predicted octanol–water partition coefficient (Wildman–Crippen LogP) is 12.8. The Kier molecular flexibility index (Phi) is 6.69. The summed E-state index contributed by atoms with van der Waals surface area (Å²) in [7, 11) is 0. The van der Waals surface area contributed by atoms with Gasteiger partial charge in [-0.25, -0.2) is 0 Å². The predicted molar refractivity (Wildman–Crippen MR) is 196 cm³/mol. The van der Waals surface area contributed by atoms with Crippen molar-refractivity contribution in [2.75, 3.05) is 10.6 Å². The lowest BCUT2D eigenvalue weighted by molar-refractivity contribution is 1.31. The second-order valence-corrected chi connectivity index (χ2v) is 13.6. The quantitative estimate of drug-likeness (QED) is 0.203. The van der Waals surface area contributed by atoms with E-state index in [0.717, 1.165) is 22.7 Å². The summed E-state index contributed by atoms with van der Waals surface area (Å²) < 4.78 is 0. The van der Waals surface area contributed by atoms with Crippen LogP contribution in [0.3, 0.4) is 0 Å². The van der Waals surface area contributed by atoms with Gasteiger partial charge < -0.3 is 10.6 Å². The van der Waals surface area contributed by atoms with E-state index in [1.807, 2.05) is 23.5 Å². The lowest BCUT2D eigenvalue weighted by Gasteiger charge is -2.28. The average Bonchev–Trinajstić information content (AvgIpc) is 3.12. The van der Waals surface area contributed by atoms with Crippen molar-refractivity contribution in [2.24, 2.45) is 0 Å². The molecule has 46 heavy (non-hydrogen) atoms. The Morgan fingerprint density at radius 2 is 0.739 bits per heavy atom. The molecule has 7 aromatic carbocycles. The van der Waals surface area contributed by atoms with E-state index >= 15 is 0 Å². The Bertz CT molecular complexity index is 2280. The fraction of sp³-hybridized carbons (Fsp3) is 0. The van der Waals surface area contributed by atoms with Crippen molar-refractivity contribution in [1.29, 1.82) is 0 Å². The van der Waals surface area contributed by atoms with E-state index in [1.165, 1.54) is 64.1 Å². The molecule has 2 heterocycles. The van der Waals surface area contributed by atoms with Gasteiger partial charge >= 0.3 is 0 Å². The van der Waals surface area contributed by atoms with Gasteiger partial charge in [-0.15, -0.1) is 0 Å². The zero-order valence-electron chi connectivity index (χ0n) is 24.8. The Morgan fingerprint density at radius 1 is 0.304 bits per heavy atom. The van der Waals surface area contributed by atoms with E-state index in [4.69, 9.17) is 0 Å². The van der Waals surface area contributed by atoms with E-state index in [-0.39, 0.29) is 0 Å². The Hall–Kier alpha value is -5.16. The van der Waals surface area contributed by atoms with Gasteiger partial charge in [0.05, 0.1) is 22.7 Å². The molecule has 0 atom stereocenters. The van der Waals surface area contributed by atoms with Crippen molar-refractivity contribution < 1.29 is 0 Å². The third-order valence-electron chi connectivity index (χ3n) is 8.71. The fourth-order valence-electron chi connectivity index (χ4n) is 6.63. The molecule has 0 unspecified atom stereocenters. The molecule has 0 saturated heterocycles. The highest BCUT2D eigenvalue weighted by Gasteiger charge is 2.26. The van der Waals surface area contributed by atoms with Crippen LogP contribution in [0.15, 0.2) is 177 Å². The lowest BCUT2D eigenvalue weighted by atomic mass is 9.84. The molecule has 0 amide bonds. The number of hydrogen-bond acceptors (Lipinski definition) is 4. The first kappa shape index (κ1) is 27.2. The number of benzene rings is 7. The average molecular weight is 625 g/mol. The summed E-state index contributed by atoms with van der Waals surface area (Å²) in [6.45, 7) is 0. The largest absolute Gasteiger partial charge is 0.353 e. The SMILES string of the molecule is c1ccc(-c2ccccc2-c2cccc(-c3cccc4c3Nc3ccccc3S4)c2-c2cccc3c2Nc2ccccc2S3)cc1. The van der Waals surface area contributed by atoms with E-state index < -0.39 is 0 Å². The minimum atomic E-state index is 1.14. The minimum Gasteiger partial charge on any atom is -0.353 e. The molecule has 9 rings (SSSR count). The summed E-state index contributed by atoms with van der Waals surface area (Å²) in [6.07, 6.45) is 0. The maximum Gasteiger partial charge on any atom is 0.0606 e. The molecule has 0 fully saturated rings. The number of hydrogen-bond donors (Lipinski definition) is 2. The summed E-state index contributed by atoms with van der Waals surface area (Å²) in [5.74, 6) is 0. The molecule has 4 heteroatoms. The van der Waals surface area contributed by atoms with Gasteiger partial charge in [0.25, 0.3) is 0 Å². The highest BCUT2D eigenvalue weighted by Crippen LogP contribution is 2.54. The van der Waals surface area contributed by atoms with Crippen LogP contribution in [0.5, 0.6) is 0 Å². The molecule has 0 radical (unpaired) electrons. The maximum atomic E-state index is 3.85. The highest BCUT2D eigenvalue weighted by molar-refractivity contribution is 8.00. The van der Waals surface area contributed by atoms with Crippen molar-refractivity contribution in [3.8, 4) is 44.5 Å². The van der Waals surface area contributed by atoms with E-state index in [1.54, 1.807) is 0 Å². The second-order valence-electron chi connectivity index (χ2n) is 11.4. The van der Waals surface area contributed by atoms with Gasteiger partial charge in [0.15, 0.2) is 0 Å². The van der Waals surface area contributed by atoms with Crippen LogP contribution in [0.2, 0.25) is 0 Å². The van der Waals surface area contributed by atoms with Crippen LogP contribution < -0.4 is 10.6 Å². The van der Waals surface area contributed by atoms with Gasteiger partial charge in [-0.1, -0.05) is 145 Å². The lowest BCUT2D eigenvalue weighted by Crippen LogP contribution is -2.04. The van der Waals surface area contributed by atoms with Crippen LogP contribution in [0, 0.1) is 0 Å². The van der Waals surface area contributed by atoms with Gasteiger partial charge in [0.2, 0.25) is 0 Å².